The van der Waals surface area contributed by atoms with Crippen molar-refractivity contribution in [2.75, 3.05) is 0 Å². The zero-order valence-corrected chi connectivity index (χ0v) is 8.60. The highest BCUT2D eigenvalue weighted by Gasteiger charge is 2.37. The summed E-state index contributed by atoms with van der Waals surface area (Å²) >= 11 is 0. The predicted molar refractivity (Wildman–Crippen MR) is 47.9 cm³/mol. The fourth-order valence-electron chi connectivity index (χ4n) is 1.09. The molecule has 0 aliphatic carbocycles. The van der Waals surface area contributed by atoms with Crippen molar-refractivity contribution in [1.29, 1.82) is 0 Å². The molecule has 1 aromatic rings. The molecular formula is C10H6F6O2. The minimum atomic E-state index is -4.96. The van der Waals surface area contributed by atoms with E-state index in [-0.39, 0.29) is 5.56 Å². The molecule has 0 unspecified atom stereocenters. The highest BCUT2D eigenvalue weighted by molar-refractivity contribution is 5.86. The molecule has 8 heteroatoms. The smallest absolute Gasteiger partial charge is 0.406 e. The second-order valence-corrected chi connectivity index (χ2v) is 3.29. The van der Waals surface area contributed by atoms with Gasteiger partial charge in [0.2, 0.25) is 5.78 Å². The Hall–Kier alpha value is -1.73. The first-order valence-electron chi connectivity index (χ1n) is 4.52. The van der Waals surface area contributed by atoms with Crippen molar-refractivity contribution in [1.82, 2.24) is 0 Å². The van der Waals surface area contributed by atoms with Crippen LogP contribution >= 0.6 is 0 Å². The fraction of sp³-hybridized carbons (Fsp3) is 0.300. The van der Waals surface area contributed by atoms with Gasteiger partial charge in [-0.15, -0.1) is 13.2 Å². The Labute approximate surface area is 97.2 Å². The highest BCUT2D eigenvalue weighted by Crippen LogP contribution is 2.24. The van der Waals surface area contributed by atoms with Crippen LogP contribution in [0, 0.1) is 0 Å². The third-order valence-electron chi connectivity index (χ3n) is 1.84. The number of ether oxygens (including phenoxy) is 1. The number of benzene rings is 1. The number of Topliss-reactive ketones (excluding diaryl/α,β-unsaturated/α-hetero) is 1. The molecule has 0 heterocycles. The van der Waals surface area contributed by atoms with Gasteiger partial charge < -0.3 is 4.74 Å². The highest BCUT2D eigenvalue weighted by atomic mass is 19.4. The quantitative estimate of drug-likeness (QED) is 0.789. The third-order valence-corrected chi connectivity index (χ3v) is 1.84. The second kappa shape index (κ2) is 4.87. The molecule has 1 rings (SSSR count). The van der Waals surface area contributed by atoms with E-state index >= 15 is 0 Å². The number of carbonyl (C=O) groups excluding carboxylic acids is 1. The number of alkyl halides is 6. The fourth-order valence-corrected chi connectivity index (χ4v) is 1.09. The lowest BCUT2D eigenvalue weighted by Gasteiger charge is -2.09. The molecule has 0 N–H and O–H groups in total. The largest absolute Gasteiger partial charge is 0.573 e. The van der Waals surface area contributed by atoms with Crippen LogP contribution in [0.25, 0.3) is 0 Å². The Balaban J connectivity index is 2.70. The Kier molecular flexibility index (Phi) is 3.88. The lowest BCUT2D eigenvalue weighted by atomic mass is 10.1. The molecule has 2 nitrogen and oxygen atoms in total. The summed E-state index contributed by atoms with van der Waals surface area (Å²) in [5, 5.41) is 0. The standard InChI is InChI=1S/C10H6F6O2/c11-9(12,13)8(17)5-6-1-3-7(4-2-6)18-10(14,15)16/h1-4H,5H2. The summed E-state index contributed by atoms with van der Waals surface area (Å²) in [5.41, 5.74) is -0.0492. The van der Waals surface area contributed by atoms with Gasteiger partial charge in [-0.05, 0) is 17.7 Å². The lowest BCUT2D eigenvalue weighted by molar-refractivity contribution is -0.274. The first kappa shape index (κ1) is 14.3. The molecule has 0 saturated heterocycles. The molecule has 0 spiro atoms. The molecule has 0 amide bonds. The van der Waals surface area contributed by atoms with Gasteiger partial charge in [0.05, 0.1) is 0 Å². The number of halogens is 6. The predicted octanol–water partition coefficient (Wildman–Crippen LogP) is 3.26. The number of hydrogen-bond acceptors (Lipinski definition) is 2. The summed E-state index contributed by atoms with van der Waals surface area (Å²) in [4.78, 5) is 10.6. The average molecular weight is 272 g/mol. The van der Waals surface area contributed by atoms with E-state index in [0.29, 0.717) is 0 Å². The monoisotopic (exact) mass is 272 g/mol. The van der Waals surface area contributed by atoms with E-state index < -0.39 is 30.5 Å². The molecule has 100 valence electrons. The van der Waals surface area contributed by atoms with E-state index in [1.807, 2.05) is 0 Å². The van der Waals surface area contributed by atoms with E-state index in [1.165, 1.54) is 0 Å². The van der Waals surface area contributed by atoms with Crippen molar-refractivity contribution in [2.45, 2.75) is 19.0 Å². The molecule has 18 heavy (non-hydrogen) atoms. The van der Waals surface area contributed by atoms with E-state index in [9.17, 15) is 31.1 Å². The molecule has 0 saturated carbocycles. The van der Waals surface area contributed by atoms with E-state index in [0.717, 1.165) is 24.3 Å². The maximum Gasteiger partial charge on any atom is 0.573 e. The summed E-state index contributed by atoms with van der Waals surface area (Å²) in [7, 11) is 0. The van der Waals surface area contributed by atoms with Crippen LogP contribution in [-0.4, -0.2) is 18.3 Å². The van der Waals surface area contributed by atoms with Gasteiger partial charge in [-0.2, -0.15) is 13.2 Å². The first-order valence-corrected chi connectivity index (χ1v) is 4.52. The summed E-state index contributed by atoms with van der Waals surface area (Å²) in [5.74, 6) is -2.53. The van der Waals surface area contributed by atoms with Gasteiger partial charge in [-0.3, -0.25) is 4.79 Å². The van der Waals surface area contributed by atoms with Gasteiger partial charge in [0.15, 0.2) is 0 Å². The summed E-state index contributed by atoms with van der Waals surface area (Å²) < 4.78 is 74.6. The molecule has 1 aromatic carbocycles. The number of hydrogen-bond donors (Lipinski definition) is 0. The zero-order valence-electron chi connectivity index (χ0n) is 8.60. The Morgan fingerprint density at radius 2 is 1.50 bits per heavy atom. The van der Waals surface area contributed by atoms with Gasteiger partial charge in [0, 0.05) is 6.42 Å². The maximum absolute atomic E-state index is 11.9. The van der Waals surface area contributed by atoms with Gasteiger partial charge in [0.25, 0.3) is 0 Å². The van der Waals surface area contributed by atoms with Crippen LogP contribution in [0.3, 0.4) is 0 Å². The van der Waals surface area contributed by atoms with Crippen LogP contribution in [0.2, 0.25) is 0 Å². The summed E-state index contributed by atoms with van der Waals surface area (Å²) in [6.45, 7) is 0. The van der Waals surface area contributed by atoms with Crippen LogP contribution in [0.4, 0.5) is 26.3 Å². The second-order valence-electron chi connectivity index (χ2n) is 3.29. The molecule has 0 bridgehead atoms. The minimum Gasteiger partial charge on any atom is -0.406 e. The molecule has 0 aromatic heterocycles. The molecule has 0 aliphatic rings. The van der Waals surface area contributed by atoms with Crippen molar-refractivity contribution < 1.29 is 35.9 Å². The van der Waals surface area contributed by atoms with E-state index in [4.69, 9.17) is 0 Å². The van der Waals surface area contributed by atoms with Gasteiger partial charge >= 0.3 is 12.5 Å². The molecular weight excluding hydrogens is 266 g/mol. The average Bonchev–Trinajstić information content (AvgIpc) is 2.17. The van der Waals surface area contributed by atoms with Crippen molar-refractivity contribution in [2.24, 2.45) is 0 Å². The van der Waals surface area contributed by atoms with Crippen molar-refractivity contribution in [3.05, 3.63) is 29.8 Å². The van der Waals surface area contributed by atoms with Crippen molar-refractivity contribution in [3.8, 4) is 5.75 Å². The third kappa shape index (κ3) is 4.64. The van der Waals surface area contributed by atoms with Crippen LogP contribution in [0.1, 0.15) is 5.56 Å². The number of ketones is 1. The SMILES string of the molecule is O=C(Cc1ccc(OC(F)(F)F)cc1)C(F)(F)F. The van der Waals surface area contributed by atoms with Crippen LogP contribution < -0.4 is 4.74 Å². The van der Waals surface area contributed by atoms with Crippen LogP contribution in [-0.2, 0) is 11.2 Å². The van der Waals surface area contributed by atoms with Crippen molar-refractivity contribution >= 4 is 5.78 Å². The summed E-state index contributed by atoms with van der Waals surface area (Å²) in [6.07, 6.45) is -10.7. The number of carbonyl (C=O) groups is 1. The van der Waals surface area contributed by atoms with E-state index in [2.05, 4.69) is 4.74 Å². The molecule has 0 atom stereocenters. The van der Waals surface area contributed by atoms with Gasteiger partial charge in [-0.1, -0.05) is 12.1 Å². The van der Waals surface area contributed by atoms with Gasteiger partial charge in [-0.25, -0.2) is 0 Å². The zero-order chi connectivity index (χ0) is 14.0. The topological polar surface area (TPSA) is 26.3 Å². The van der Waals surface area contributed by atoms with Crippen molar-refractivity contribution in [3.63, 3.8) is 0 Å². The molecule has 0 radical (unpaired) electrons. The Morgan fingerprint density at radius 3 is 1.89 bits per heavy atom. The summed E-state index contributed by atoms with van der Waals surface area (Å²) in [6, 6.07) is 3.61. The number of rotatable bonds is 3. The molecule has 0 aliphatic heterocycles. The van der Waals surface area contributed by atoms with Crippen LogP contribution in [0.15, 0.2) is 24.3 Å². The van der Waals surface area contributed by atoms with Crippen LogP contribution in [0.5, 0.6) is 5.75 Å². The normalized spacial score (nSPS) is 12.3. The minimum absolute atomic E-state index is 0.0492. The Bertz CT molecular complexity index is 417. The lowest BCUT2D eigenvalue weighted by Crippen LogP contribution is -2.24. The van der Waals surface area contributed by atoms with E-state index in [1.54, 1.807) is 0 Å². The van der Waals surface area contributed by atoms with Gasteiger partial charge in [0.1, 0.15) is 5.75 Å². The maximum atomic E-state index is 11.9. The Morgan fingerprint density at radius 1 is 1.00 bits per heavy atom. The molecule has 0 fully saturated rings. The first-order chi connectivity index (χ1) is 8.08.